The van der Waals surface area contributed by atoms with E-state index in [0.717, 1.165) is 22.8 Å². The van der Waals surface area contributed by atoms with E-state index in [1.54, 1.807) is 0 Å². The summed E-state index contributed by atoms with van der Waals surface area (Å²) in [6.07, 6.45) is 0. The molecule has 94 valence electrons. The second-order valence-electron chi connectivity index (χ2n) is 4.35. The Kier molecular flexibility index (Phi) is 3.72. The van der Waals surface area contributed by atoms with Crippen LogP contribution in [0.1, 0.15) is 11.1 Å². The van der Waals surface area contributed by atoms with Crippen molar-refractivity contribution in [1.82, 2.24) is 5.32 Å². The molecule has 1 nitrogen and oxygen atoms in total. The summed E-state index contributed by atoms with van der Waals surface area (Å²) in [5.41, 5.74) is 3.52. The molecule has 0 aromatic heterocycles. The fourth-order valence-corrected chi connectivity index (χ4v) is 2.01. The number of rotatable bonds is 3. The molecule has 3 heteroatoms. The molecule has 0 aliphatic heterocycles. The van der Waals surface area contributed by atoms with Crippen molar-refractivity contribution < 1.29 is 8.78 Å². The van der Waals surface area contributed by atoms with Gasteiger partial charge in [-0.05, 0) is 42.8 Å². The van der Waals surface area contributed by atoms with Crippen molar-refractivity contribution in [2.75, 3.05) is 7.05 Å². The monoisotopic (exact) mass is 247 g/mol. The molecule has 1 N–H and O–H groups in total. The van der Waals surface area contributed by atoms with Crippen LogP contribution >= 0.6 is 0 Å². The molecule has 0 radical (unpaired) electrons. The predicted molar refractivity (Wildman–Crippen MR) is 69.3 cm³/mol. The van der Waals surface area contributed by atoms with Gasteiger partial charge < -0.3 is 5.32 Å². The molecule has 0 atom stereocenters. The van der Waals surface area contributed by atoms with Gasteiger partial charge in [-0.25, -0.2) is 8.78 Å². The maximum atomic E-state index is 13.3. The average Bonchev–Trinajstić information content (AvgIpc) is 2.30. The highest BCUT2D eigenvalue weighted by atomic mass is 19.1. The van der Waals surface area contributed by atoms with Gasteiger partial charge in [0.05, 0.1) is 0 Å². The van der Waals surface area contributed by atoms with Crippen molar-refractivity contribution in [3.8, 4) is 11.1 Å². The SMILES string of the molecule is CNCc1ccc(C)cc1-c1cc(F)cc(F)c1. The van der Waals surface area contributed by atoms with E-state index in [0.29, 0.717) is 12.1 Å². The maximum absolute atomic E-state index is 13.3. The average molecular weight is 247 g/mol. The fourth-order valence-electron chi connectivity index (χ4n) is 2.01. The normalized spacial score (nSPS) is 10.7. The smallest absolute Gasteiger partial charge is 0.126 e. The summed E-state index contributed by atoms with van der Waals surface area (Å²) >= 11 is 0. The van der Waals surface area contributed by atoms with E-state index in [9.17, 15) is 8.78 Å². The maximum Gasteiger partial charge on any atom is 0.126 e. The van der Waals surface area contributed by atoms with E-state index in [-0.39, 0.29) is 0 Å². The Hall–Kier alpha value is -1.74. The predicted octanol–water partition coefficient (Wildman–Crippen LogP) is 3.66. The summed E-state index contributed by atoms with van der Waals surface area (Å²) in [4.78, 5) is 0. The molecule has 0 fully saturated rings. The largest absolute Gasteiger partial charge is 0.316 e. The molecule has 0 spiro atoms. The number of hydrogen-bond acceptors (Lipinski definition) is 1. The molecule has 2 aromatic rings. The number of benzene rings is 2. The van der Waals surface area contributed by atoms with Crippen molar-refractivity contribution in [2.45, 2.75) is 13.5 Å². The van der Waals surface area contributed by atoms with E-state index in [1.165, 1.54) is 12.1 Å². The minimum absolute atomic E-state index is 0.554. The molecule has 0 aliphatic carbocycles. The van der Waals surface area contributed by atoms with Gasteiger partial charge in [-0.15, -0.1) is 0 Å². The second kappa shape index (κ2) is 5.27. The zero-order valence-corrected chi connectivity index (χ0v) is 10.4. The van der Waals surface area contributed by atoms with Crippen LogP contribution in [-0.4, -0.2) is 7.05 Å². The van der Waals surface area contributed by atoms with Crippen molar-refractivity contribution in [3.63, 3.8) is 0 Å². The molecule has 0 amide bonds. The van der Waals surface area contributed by atoms with Gasteiger partial charge in [0.25, 0.3) is 0 Å². The lowest BCUT2D eigenvalue weighted by Gasteiger charge is -2.11. The van der Waals surface area contributed by atoms with Gasteiger partial charge in [-0.2, -0.15) is 0 Å². The number of aryl methyl sites for hydroxylation is 1. The van der Waals surface area contributed by atoms with E-state index in [4.69, 9.17) is 0 Å². The summed E-state index contributed by atoms with van der Waals surface area (Å²) < 4.78 is 26.6. The van der Waals surface area contributed by atoms with Gasteiger partial charge in [-0.1, -0.05) is 23.8 Å². The Morgan fingerprint density at radius 3 is 2.28 bits per heavy atom. The summed E-state index contributed by atoms with van der Waals surface area (Å²) in [7, 11) is 1.84. The first-order chi connectivity index (χ1) is 8.60. The molecule has 0 saturated carbocycles. The van der Waals surface area contributed by atoms with Gasteiger partial charge in [0.2, 0.25) is 0 Å². The van der Waals surface area contributed by atoms with Crippen molar-refractivity contribution in [1.29, 1.82) is 0 Å². The van der Waals surface area contributed by atoms with Crippen molar-refractivity contribution in [3.05, 3.63) is 59.2 Å². The third kappa shape index (κ3) is 2.74. The van der Waals surface area contributed by atoms with Crippen molar-refractivity contribution in [2.24, 2.45) is 0 Å². The van der Waals surface area contributed by atoms with Crippen LogP contribution in [-0.2, 0) is 6.54 Å². The molecule has 0 bridgehead atoms. The van der Waals surface area contributed by atoms with E-state index in [2.05, 4.69) is 5.32 Å². The van der Waals surface area contributed by atoms with E-state index < -0.39 is 11.6 Å². The topological polar surface area (TPSA) is 12.0 Å². The molecule has 0 heterocycles. The van der Waals surface area contributed by atoms with Crippen LogP contribution in [0.5, 0.6) is 0 Å². The highest BCUT2D eigenvalue weighted by Crippen LogP contribution is 2.26. The first-order valence-electron chi connectivity index (χ1n) is 5.81. The van der Waals surface area contributed by atoms with Crippen LogP contribution in [0.25, 0.3) is 11.1 Å². The van der Waals surface area contributed by atoms with Crippen LogP contribution < -0.4 is 5.32 Å². The van der Waals surface area contributed by atoms with E-state index >= 15 is 0 Å². The summed E-state index contributed by atoms with van der Waals surface area (Å²) in [6, 6.07) is 9.52. The lowest BCUT2D eigenvalue weighted by Crippen LogP contribution is -2.06. The fraction of sp³-hybridized carbons (Fsp3) is 0.200. The lowest BCUT2D eigenvalue weighted by molar-refractivity contribution is 0.584. The summed E-state index contributed by atoms with van der Waals surface area (Å²) in [6.45, 7) is 2.62. The molecule has 2 aromatic carbocycles. The Morgan fingerprint density at radius 2 is 1.67 bits per heavy atom. The lowest BCUT2D eigenvalue weighted by atomic mass is 9.97. The van der Waals surface area contributed by atoms with Crippen LogP contribution in [0.2, 0.25) is 0 Å². The third-order valence-corrected chi connectivity index (χ3v) is 2.81. The minimum Gasteiger partial charge on any atom is -0.316 e. The van der Waals surface area contributed by atoms with Gasteiger partial charge in [-0.3, -0.25) is 0 Å². The number of halogens is 2. The minimum atomic E-state index is -0.554. The number of hydrogen-bond donors (Lipinski definition) is 1. The highest BCUT2D eigenvalue weighted by Gasteiger charge is 2.08. The van der Waals surface area contributed by atoms with Crippen LogP contribution in [0.4, 0.5) is 8.78 Å². The summed E-state index contributed by atoms with van der Waals surface area (Å²) in [5, 5.41) is 3.06. The van der Waals surface area contributed by atoms with Crippen molar-refractivity contribution >= 4 is 0 Å². The van der Waals surface area contributed by atoms with E-state index in [1.807, 2.05) is 32.2 Å². The van der Waals surface area contributed by atoms with Crippen LogP contribution in [0.3, 0.4) is 0 Å². The second-order valence-corrected chi connectivity index (χ2v) is 4.35. The Bertz CT molecular complexity index is 544. The molecule has 18 heavy (non-hydrogen) atoms. The Morgan fingerprint density at radius 1 is 1.00 bits per heavy atom. The molecular formula is C15H15F2N. The van der Waals surface area contributed by atoms with Crippen LogP contribution in [0, 0.1) is 18.6 Å². The molecule has 0 saturated heterocycles. The quantitative estimate of drug-likeness (QED) is 0.872. The molecular weight excluding hydrogens is 232 g/mol. The first kappa shape index (κ1) is 12.7. The zero-order chi connectivity index (χ0) is 13.1. The zero-order valence-electron chi connectivity index (χ0n) is 10.4. The molecule has 0 aliphatic rings. The van der Waals surface area contributed by atoms with Gasteiger partial charge >= 0.3 is 0 Å². The van der Waals surface area contributed by atoms with Crippen LogP contribution in [0.15, 0.2) is 36.4 Å². The Balaban J connectivity index is 2.57. The van der Waals surface area contributed by atoms with Gasteiger partial charge in [0, 0.05) is 12.6 Å². The van der Waals surface area contributed by atoms with Gasteiger partial charge in [0.1, 0.15) is 11.6 Å². The number of nitrogens with one attached hydrogen (secondary N) is 1. The molecule has 2 rings (SSSR count). The molecule has 0 unspecified atom stereocenters. The van der Waals surface area contributed by atoms with Gasteiger partial charge in [0.15, 0.2) is 0 Å². The summed E-state index contributed by atoms with van der Waals surface area (Å²) in [5.74, 6) is -1.11. The third-order valence-electron chi connectivity index (χ3n) is 2.81. The highest BCUT2D eigenvalue weighted by molar-refractivity contribution is 5.68. The standard InChI is InChI=1S/C15H15F2N/c1-10-3-4-11(9-18-2)15(5-10)12-6-13(16)8-14(17)7-12/h3-8,18H,9H2,1-2H3. The Labute approximate surface area is 105 Å². The first-order valence-corrected chi connectivity index (χ1v) is 5.81.